The van der Waals surface area contributed by atoms with Crippen LogP contribution >= 0.6 is 11.6 Å². The number of nitrogens with two attached hydrogens (primary N) is 1. The van der Waals surface area contributed by atoms with Crippen molar-refractivity contribution >= 4 is 23.5 Å². The molecule has 0 bridgehead atoms. The van der Waals surface area contributed by atoms with Crippen LogP contribution in [0.3, 0.4) is 0 Å². The zero-order valence-corrected chi connectivity index (χ0v) is 13.7. The molecule has 0 aliphatic carbocycles. The Morgan fingerprint density at radius 2 is 2.00 bits per heavy atom. The molecule has 0 atom stereocenters. The number of nitrogens with zero attached hydrogens (tertiary/aromatic N) is 2. The van der Waals surface area contributed by atoms with Crippen LogP contribution in [0.15, 0.2) is 42.5 Å². The van der Waals surface area contributed by atoms with Gasteiger partial charge in [-0.3, -0.25) is 0 Å². The predicted molar refractivity (Wildman–Crippen MR) is 92.6 cm³/mol. The first kappa shape index (κ1) is 15.9. The van der Waals surface area contributed by atoms with Crippen LogP contribution in [0.4, 0.5) is 11.9 Å². The fourth-order valence-electron chi connectivity index (χ4n) is 2.12. The van der Waals surface area contributed by atoms with Gasteiger partial charge in [-0.05, 0) is 24.3 Å². The monoisotopic (exact) mass is 345 g/mol. The summed E-state index contributed by atoms with van der Waals surface area (Å²) in [5, 5.41) is 10.1. The quantitative estimate of drug-likeness (QED) is 0.633. The minimum atomic E-state index is 0.240. The number of aromatic amines is 1. The lowest BCUT2D eigenvalue weighted by atomic mass is 10.2. The van der Waals surface area contributed by atoms with E-state index in [2.05, 4.69) is 20.5 Å². The summed E-state index contributed by atoms with van der Waals surface area (Å²) in [6.07, 6.45) is 0. The fraction of sp³-hybridized carbons (Fsp3) is 0.125. The number of rotatable bonds is 6. The molecule has 0 saturated heterocycles. The maximum absolute atomic E-state index is 6.31. The highest BCUT2D eigenvalue weighted by atomic mass is 35.5. The molecule has 8 heteroatoms. The number of methoxy groups -OCH3 is 1. The van der Waals surface area contributed by atoms with E-state index in [1.165, 1.54) is 0 Å². The highest BCUT2D eigenvalue weighted by molar-refractivity contribution is 6.31. The van der Waals surface area contributed by atoms with Crippen LogP contribution in [0.25, 0.3) is 0 Å². The third-order valence-corrected chi connectivity index (χ3v) is 3.62. The molecule has 0 unspecified atom stereocenters. The maximum atomic E-state index is 6.31. The van der Waals surface area contributed by atoms with E-state index >= 15 is 0 Å². The normalized spacial score (nSPS) is 10.4. The number of H-pyrrole nitrogens is 1. The molecule has 24 heavy (non-hydrogen) atoms. The number of aromatic nitrogens is 3. The van der Waals surface area contributed by atoms with E-state index in [0.29, 0.717) is 34.8 Å². The summed E-state index contributed by atoms with van der Waals surface area (Å²) in [7, 11) is 1.61. The smallest absolute Gasteiger partial charge is 0.243 e. The van der Waals surface area contributed by atoms with Crippen molar-refractivity contribution in [3.8, 4) is 17.2 Å². The summed E-state index contributed by atoms with van der Waals surface area (Å²) in [5.74, 6) is 2.63. The number of halogens is 1. The van der Waals surface area contributed by atoms with Crippen LogP contribution in [0.2, 0.25) is 5.02 Å². The van der Waals surface area contributed by atoms with Crippen molar-refractivity contribution in [2.24, 2.45) is 0 Å². The zero-order chi connectivity index (χ0) is 16.9. The van der Waals surface area contributed by atoms with Crippen molar-refractivity contribution < 1.29 is 9.47 Å². The van der Waals surface area contributed by atoms with Crippen LogP contribution in [0.1, 0.15) is 5.56 Å². The van der Waals surface area contributed by atoms with E-state index < -0.39 is 0 Å². The Kier molecular flexibility index (Phi) is 4.72. The number of hydrogen-bond acceptors (Lipinski definition) is 6. The first-order chi connectivity index (χ1) is 11.7. The molecular weight excluding hydrogens is 330 g/mol. The lowest BCUT2D eigenvalue weighted by molar-refractivity contribution is 0.408. The molecule has 7 nitrogen and oxygen atoms in total. The Morgan fingerprint density at radius 3 is 2.75 bits per heavy atom. The topological polar surface area (TPSA) is 98.1 Å². The molecule has 0 fully saturated rings. The van der Waals surface area contributed by atoms with Crippen LogP contribution in [-0.4, -0.2) is 22.3 Å². The van der Waals surface area contributed by atoms with Crippen molar-refractivity contribution in [2.75, 3.05) is 18.2 Å². The maximum Gasteiger partial charge on any atom is 0.243 e. The van der Waals surface area contributed by atoms with E-state index in [4.69, 9.17) is 26.8 Å². The largest absolute Gasteiger partial charge is 0.497 e. The molecule has 0 aliphatic rings. The predicted octanol–water partition coefficient (Wildman–Crippen LogP) is 3.45. The van der Waals surface area contributed by atoms with E-state index in [9.17, 15) is 0 Å². The van der Waals surface area contributed by atoms with Gasteiger partial charge in [0.05, 0.1) is 7.11 Å². The summed E-state index contributed by atoms with van der Waals surface area (Å²) in [6, 6.07) is 12.8. The minimum absolute atomic E-state index is 0.240. The van der Waals surface area contributed by atoms with Crippen LogP contribution in [0, 0.1) is 0 Å². The van der Waals surface area contributed by atoms with E-state index in [1.807, 2.05) is 30.3 Å². The first-order valence-electron chi connectivity index (χ1n) is 7.17. The highest BCUT2D eigenvalue weighted by Crippen LogP contribution is 2.32. The van der Waals surface area contributed by atoms with Crippen molar-refractivity contribution in [3.63, 3.8) is 0 Å². The standard InChI is InChI=1S/C16H16ClN5O2/c1-23-10-4-2-5-11(8-10)24-14-7-3-6-13(17)12(14)9-19-16-20-15(18)21-22-16/h2-8H,9H2,1H3,(H4,18,19,20,21,22). The minimum Gasteiger partial charge on any atom is -0.497 e. The summed E-state index contributed by atoms with van der Waals surface area (Å²) >= 11 is 6.31. The van der Waals surface area contributed by atoms with Crippen molar-refractivity contribution in [2.45, 2.75) is 6.54 Å². The lowest BCUT2D eigenvalue weighted by Crippen LogP contribution is -2.04. The molecule has 2 aromatic carbocycles. The molecule has 0 spiro atoms. The number of ether oxygens (including phenoxy) is 2. The summed E-state index contributed by atoms with van der Waals surface area (Å²) < 4.78 is 11.2. The van der Waals surface area contributed by atoms with Gasteiger partial charge in [0.2, 0.25) is 11.9 Å². The van der Waals surface area contributed by atoms with E-state index in [0.717, 1.165) is 5.56 Å². The van der Waals surface area contributed by atoms with Crippen LogP contribution < -0.4 is 20.5 Å². The van der Waals surface area contributed by atoms with Gasteiger partial charge in [-0.1, -0.05) is 23.7 Å². The van der Waals surface area contributed by atoms with Crippen LogP contribution in [-0.2, 0) is 6.54 Å². The Bertz CT molecular complexity index is 837. The van der Waals surface area contributed by atoms with Gasteiger partial charge in [-0.2, -0.15) is 4.98 Å². The van der Waals surface area contributed by atoms with Crippen molar-refractivity contribution in [1.82, 2.24) is 15.2 Å². The fourth-order valence-corrected chi connectivity index (χ4v) is 2.35. The van der Waals surface area contributed by atoms with Gasteiger partial charge in [0.25, 0.3) is 0 Å². The van der Waals surface area contributed by atoms with Gasteiger partial charge in [-0.15, -0.1) is 5.10 Å². The lowest BCUT2D eigenvalue weighted by Gasteiger charge is -2.13. The first-order valence-corrected chi connectivity index (χ1v) is 7.54. The summed E-state index contributed by atoms with van der Waals surface area (Å²) in [6.45, 7) is 0.385. The average Bonchev–Trinajstić information content (AvgIpc) is 3.00. The number of anilines is 2. The SMILES string of the molecule is COc1cccc(Oc2cccc(Cl)c2CNc2n[nH]c(N)n2)c1. The van der Waals surface area contributed by atoms with Gasteiger partial charge in [-0.25, -0.2) is 5.10 Å². The second-order valence-electron chi connectivity index (χ2n) is 4.90. The second kappa shape index (κ2) is 7.10. The molecule has 0 amide bonds. The molecule has 1 aromatic heterocycles. The molecule has 0 radical (unpaired) electrons. The molecule has 4 N–H and O–H groups in total. The van der Waals surface area contributed by atoms with E-state index in [-0.39, 0.29) is 5.95 Å². The summed E-state index contributed by atoms with van der Waals surface area (Å²) in [4.78, 5) is 3.99. The van der Waals surface area contributed by atoms with Gasteiger partial charge in [0.15, 0.2) is 0 Å². The molecule has 0 saturated carbocycles. The van der Waals surface area contributed by atoms with Gasteiger partial charge in [0, 0.05) is 23.2 Å². The Labute approximate surface area is 143 Å². The molecule has 124 valence electrons. The molecule has 1 heterocycles. The van der Waals surface area contributed by atoms with Crippen molar-refractivity contribution in [1.29, 1.82) is 0 Å². The molecule has 0 aliphatic heterocycles. The summed E-state index contributed by atoms with van der Waals surface area (Å²) in [5.41, 5.74) is 6.29. The van der Waals surface area contributed by atoms with Gasteiger partial charge in [0.1, 0.15) is 17.2 Å². The third-order valence-electron chi connectivity index (χ3n) is 3.27. The average molecular weight is 346 g/mol. The zero-order valence-electron chi connectivity index (χ0n) is 12.9. The Balaban J connectivity index is 1.81. The number of nitrogens with one attached hydrogen (secondary N) is 2. The number of hydrogen-bond donors (Lipinski definition) is 3. The number of nitrogen functional groups attached to an aromatic ring is 1. The Morgan fingerprint density at radius 1 is 1.21 bits per heavy atom. The third kappa shape index (κ3) is 3.69. The van der Waals surface area contributed by atoms with E-state index in [1.54, 1.807) is 19.2 Å². The molecule has 3 aromatic rings. The Hall–Kier alpha value is -2.93. The van der Waals surface area contributed by atoms with Gasteiger partial charge < -0.3 is 20.5 Å². The van der Waals surface area contributed by atoms with Crippen molar-refractivity contribution in [3.05, 3.63) is 53.1 Å². The number of benzene rings is 2. The van der Waals surface area contributed by atoms with Gasteiger partial charge >= 0.3 is 0 Å². The molecular formula is C16H16ClN5O2. The highest BCUT2D eigenvalue weighted by Gasteiger charge is 2.11. The van der Waals surface area contributed by atoms with Crippen LogP contribution in [0.5, 0.6) is 17.2 Å². The second-order valence-corrected chi connectivity index (χ2v) is 5.30. The molecule has 3 rings (SSSR count).